The minimum absolute atomic E-state index is 0.00926. The Bertz CT molecular complexity index is 314. The van der Waals surface area contributed by atoms with E-state index in [-0.39, 0.29) is 12.5 Å². The van der Waals surface area contributed by atoms with Crippen molar-refractivity contribution in [1.29, 1.82) is 0 Å². The van der Waals surface area contributed by atoms with Crippen molar-refractivity contribution in [3.05, 3.63) is 30.1 Å². The summed E-state index contributed by atoms with van der Waals surface area (Å²) in [6.45, 7) is 5.75. The molecule has 0 radical (unpaired) electrons. The zero-order valence-corrected chi connectivity index (χ0v) is 9.85. The lowest BCUT2D eigenvalue weighted by Crippen LogP contribution is -2.33. The van der Waals surface area contributed by atoms with Gasteiger partial charge in [-0.25, -0.2) is 0 Å². The topological polar surface area (TPSA) is 42.4 Å². The molecule has 0 aliphatic carbocycles. The highest BCUT2D eigenvalue weighted by molar-refractivity contribution is 5.77. The maximum Gasteiger partial charge on any atom is 0.248 e. The second-order valence-corrected chi connectivity index (χ2v) is 3.37. The summed E-state index contributed by atoms with van der Waals surface area (Å²) >= 11 is 0. The summed E-state index contributed by atoms with van der Waals surface area (Å²) in [4.78, 5) is 17.6. The monoisotopic (exact) mass is 222 g/mol. The van der Waals surface area contributed by atoms with Gasteiger partial charge in [0.05, 0.1) is 12.2 Å². The summed E-state index contributed by atoms with van der Waals surface area (Å²) in [5.74, 6) is 0.00926. The Morgan fingerprint density at radius 3 is 2.81 bits per heavy atom. The fraction of sp³-hybridized carbons (Fsp3) is 0.500. The van der Waals surface area contributed by atoms with Gasteiger partial charge in [-0.15, -0.1) is 0 Å². The van der Waals surface area contributed by atoms with Crippen LogP contribution in [0.15, 0.2) is 24.4 Å². The minimum Gasteiger partial charge on any atom is -0.372 e. The van der Waals surface area contributed by atoms with E-state index < -0.39 is 0 Å². The zero-order chi connectivity index (χ0) is 11.8. The lowest BCUT2D eigenvalue weighted by molar-refractivity contribution is -0.136. The van der Waals surface area contributed by atoms with Crippen molar-refractivity contribution in [1.82, 2.24) is 9.88 Å². The minimum atomic E-state index is 0.00926. The second kappa shape index (κ2) is 6.95. The number of hydrogen-bond acceptors (Lipinski definition) is 3. The Morgan fingerprint density at radius 1 is 1.44 bits per heavy atom. The molecule has 4 heteroatoms. The number of pyridine rings is 1. The Hall–Kier alpha value is -1.42. The molecule has 16 heavy (non-hydrogen) atoms. The molecule has 0 aliphatic heterocycles. The van der Waals surface area contributed by atoms with Crippen LogP contribution in [0.5, 0.6) is 0 Å². The van der Waals surface area contributed by atoms with Crippen molar-refractivity contribution in [3.63, 3.8) is 0 Å². The smallest absolute Gasteiger partial charge is 0.248 e. The van der Waals surface area contributed by atoms with Crippen molar-refractivity contribution in [3.8, 4) is 0 Å². The van der Waals surface area contributed by atoms with Crippen LogP contribution in [0, 0.1) is 0 Å². The molecule has 0 N–H and O–H groups in total. The third-order valence-electron chi connectivity index (χ3n) is 2.24. The van der Waals surface area contributed by atoms with Crippen LogP contribution >= 0.6 is 0 Å². The van der Waals surface area contributed by atoms with Gasteiger partial charge in [0.2, 0.25) is 5.91 Å². The first-order valence-corrected chi connectivity index (χ1v) is 5.53. The SMILES string of the molecule is CCOCC(=O)N(CC)Cc1ccccn1. The molecule has 1 aromatic heterocycles. The fourth-order valence-corrected chi connectivity index (χ4v) is 1.34. The summed E-state index contributed by atoms with van der Waals surface area (Å²) < 4.78 is 5.10. The van der Waals surface area contributed by atoms with Gasteiger partial charge < -0.3 is 9.64 Å². The molecule has 0 aliphatic rings. The van der Waals surface area contributed by atoms with Crippen LogP contribution in [0.25, 0.3) is 0 Å². The molecule has 1 rings (SSSR count). The predicted molar refractivity (Wildman–Crippen MR) is 61.8 cm³/mol. The first-order valence-electron chi connectivity index (χ1n) is 5.53. The molecule has 0 spiro atoms. The first-order chi connectivity index (χ1) is 7.77. The van der Waals surface area contributed by atoms with Crippen molar-refractivity contribution < 1.29 is 9.53 Å². The average molecular weight is 222 g/mol. The van der Waals surface area contributed by atoms with E-state index in [1.165, 1.54) is 0 Å². The van der Waals surface area contributed by atoms with Crippen LogP contribution in [0.1, 0.15) is 19.5 Å². The van der Waals surface area contributed by atoms with E-state index in [2.05, 4.69) is 4.98 Å². The molecule has 88 valence electrons. The van der Waals surface area contributed by atoms with Crippen molar-refractivity contribution in [2.45, 2.75) is 20.4 Å². The number of carbonyl (C=O) groups is 1. The predicted octanol–water partition coefficient (Wildman–Crippen LogP) is 1.47. The van der Waals surface area contributed by atoms with E-state index >= 15 is 0 Å². The summed E-state index contributed by atoms with van der Waals surface area (Å²) in [7, 11) is 0. The first kappa shape index (κ1) is 12.6. The fourth-order valence-electron chi connectivity index (χ4n) is 1.34. The second-order valence-electron chi connectivity index (χ2n) is 3.37. The van der Waals surface area contributed by atoms with Crippen LogP contribution in [0.4, 0.5) is 0 Å². The normalized spacial score (nSPS) is 10.1. The van der Waals surface area contributed by atoms with Crippen LogP contribution in [-0.2, 0) is 16.1 Å². The summed E-state index contributed by atoms with van der Waals surface area (Å²) in [5.41, 5.74) is 0.897. The summed E-state index contributed by atoms with van der Waals surface area (Å²) in [6, 6.07) is 5.70. The Labute approximate surface area is 96.2 Å². The van der Waals surface area contributed by atoms with Gasteiger partial charge in [0, 0.05) is 19.3 Å². The molecule has 0 saturated heterocycles. The molecule has 0 saturated carbocycles. The van der Waals surface area contributed by atoms with Gasteiger partial charge in [0.15, 0.2) is 0 Å². The van der Waals surface area contributed by atoms with E-state index in [0.29, 0.717) is 19.7 Å². The zero-order valence-electron chi connectivity index (χ0n) is 9.85. The number of amides is 1. The standard InChI is InChI=1S/C12H18N2O2/c1-3-14(12(15)10-16-4-2)9-11-7-5-6-8-13-11/h5-8H,3-4,9-10H2,1-2H3. The highest BCUT2D eigenvalue weighted by atomic mass is 16.5. The number of aromatic nitrogens is 1. The van der Waals surface area contributed by atoms with E-state index in [9.17, 15) is 4.79 Å². The Kier molecular flexibility index (Phi) is 5.50. The van der Waals surface area contributed by atoms with Crippen LogP contribution < -0.4 is 0 Å². The van der Waals surface area contributed by atoms with Gasteiger partial charge in [-0.2, -0.15) is 0 Å². The van der Waals surface area contributed by atoms with Gasteiger partial charge >= 0.3 is 0 Å². The molecule has 0 aromatic carbocycles. The highest BCUT2D eigenvalue weighted by Gasteiger charge is 2.12. The molecule has 0 atom stereocenters. The van der Waals surface area contributed by atoms with E-state index in [1.54, 1.807) is 11.1 Å². The Balaban J connectivity index is 2.52. The lowest BCUT2D eigenvalue weighted by atomic mass is 10.3. The third kappa shape index (κ3) is 3.98. The molecular weight excluding hydrogens is 204 g/mol. The largest absolute Gasteiger partial charge is 0.372 e. The molecule has 4 nitrogen and oxygen atoms in total. The van der Waals surface area contributed by atoms with Crippen LogP contribution in [0.2, 0.25) is 0 Å². The van der Waals surface area contributed by atoms with Crippen molar-refractivity contribution in [2.24, 2.45) is 0 Å². The van der Waals surface area contributed by atoms with E-state index in [1.807, 2.05) is 32.0 Å². The van der Waals surface area contributed by atoms with Gasteiger partial charge in [-0.3, -0.25) is 9.78 Å². The molecular formula is C12H18N2O2. The Morgan fingerprint density at radius 2 is 2.25 bits per heavy atom. The maximum absolute atomic E-state index is 11.7. The van der Waals surface area contributed by atoms with Crippen LogP contribution in [0.3, 0.4) is 0 Å². The van der Waals surface area contributed by atoms with Gasteiger partial charge in [0.1, 0.15) is 6.61 Å². The number of carbonyl (C=O) groups excluding carboxylic acids is 1. The van der Waals surface area contributed by atoms with Crippen LogP contribution in [-0.4, -0.2) is 35.5 Å². The van der Waals surface area contributed by atoms with Gasteiger partial charge in [0.25, 0.3) is 0 Å². The number of ether oxygens (including phenoxy) is 1. The number of nitrogens with zero attached hydrogens (tertiary/aromatic N) is 2. The number of likely N-dealkylation sites (N-methyl/N-ethyl adjacent to an activating group) is 1. The van der Waals surface area contributed by atoms with Crippen molar-refractivity contribution >= 4 is 5.91 Å². The quantitative estimate of drug-likeness (QED) is 0.732. The molecule has 1 amide bonds. The molecule has 0 unspecified atom stereocenters. The average Bonchev–Trinajstić information content (AvgIpc) is 2.34. The van der Waals surface area contributed by atoms with Crippen molar-refractivity contribution in [2.75, 3.05) is 19.8 Å². The van der Waals surface area contributed by atoms with E-state index in [4.69, 9.17) is 4.74 Å². The molecule has 1 heterocycles. The lowest BCUT2D eigenvalue weighted by Gasteiger charge is -2.20. The molecule has 0 fully saturated rings. The third-order valence-corrected chi connectivity index (χ3v) is 2.24. The number of hydrogen-bond donors (Lipinski definition) is 0. The maximum atomic E-state index is 11.7. The highest BCUT2D eigenvalue weighted by Crippen LogP contribution is 2.01. The number of rotatable bonds is 6. The molecule has 1 aromatic rings. The summed E-state index contributed by atoms with van der Waals surface area (Å²) in [6.07, 6.45) is 1.73. The summed E-state index contributed by atoms with van der Waals surface area (Å²) in [5, 5.41) is 0. The van der Waals surface area contributed by atoms with Gasteiger partial charge in [-0.05, 0) is 26.0 Å². The molecule has 0 bridgehead atoms. The van der Waals surface area contributed by atoms with Gasteiger partial charge in [-0.1, -0.05) is 6.07 Å². The van der Waals surface area contributed by atoms with E-state index in [0.717, 1.165) is 5.69 Å².